The van der Waals surface area contributed by atoms with Crippen molar-refractivity contribution in [3.63, 3.8) is 0 Å². The van der Waals surface area contributed by atoms with Crippen LogP contribution in [0.1, 0.15) is 18.3 Å². The molecular weight excluding hydrogens is 268 g/mol. The van der Waals surface area contributed by atoms with E-state index in [1.165, 1.54) is 10.9 Å². The first-order valence-corrected chi connectivity index (χ1v) is 7.17. The molecule has 3 aromatic rings. The number of para-hydroxylation sites is 1. The van der Waals surface area contributed by atoms with Crippen molar-refractivity contribution in [1.29, 1.82) is 0 Å². The molecule has 0 atom stereocenters. The molecule has 0 aliphatic heterocycles. The summed E-state index contributed by atoms with van der Waals surface area (Å²) in [6.07, 6.45) is 3.61. The summed E-state index contributed by atoms with van der Waals surface area (Å²) in [4.78, 5) is 4.49. The molecule has 4 nitrogen and oxygen atoms in total. The van der Waals surface area contributed by atoms with Crippen LogP contribution >= 0.6 is 12.2 Å². The second kappa shape index (κ2) is 5.54. The molecule has 0 saturated carbocycles. The lowest BCUT2D eigenvalue weighted by atomic mass is 10.1. The van der Waals surface area contributed by atoms with E-state index in [2.05, 4.69) is 50.9 Å². The second-order valence-corrected chi connectivity index (χ2v) is 5.08. The number of aryl methyl sites for hydroxylation is 2. The van der Waals surface area contributed by atoms with Crippen LogP contribution < -0.4 is 0 Å². The zero-order valence-electron chi connectivity index (χ0n) is 11.3. The molecule has 1 N–H and O–H groups in total. The number of aromatic nitrogens is 4. The third-order valence-corrected chi connectivity index (χ3v) is 3.79. The fourth-order valence-corrected chi connectivity index (χ4v) is 2.69. The maximum Gasteiger partial charge on any atom is 0.195 e. The van der Waals surface area contributed by atoms with E-state index in [1.807, 2.05) is 12.3 Å². The largest absolute Gasteiger partial charge is 0.304 e. The van der Waals surface area contributed by atoms with E-state index in [0.29, 0.717) is 4.77 Å². The van der Waals surface area contributed by atoms with Gasteiger partial charge in [-0.3, -0.25) is 10.1 Å². The van der Waals surface area contributed by atoms with Crippen LogP contribution in [0.15, 0.2) is 36.5 Å². The number of hydrogen-bond acceptors (Lipinski definition) is 3. The van der Waals surface area contributed by atoms with Gasteiger partial charge in [0.15, 0.2) is 4.77 Å². The first-order valence-electron chi connectivity index (χ1n) is 6.76. The van der Waals surface area contributed by atoms with Crippen LogP contribution in [0.5, 0.6) is 0 Å². The Morgan fingerprint density at radius 2 is 2.10 bits per heavy atom. The Kier molecular flexibility index (Phi) is 3.60. The number of hydrogen-bond donors (Lipinski definition) is 1. The van der Waals surface area contributed by atoms with Gasteiger partial charge in [-0.2, -0.15) is 5.10 Å². The van der Waals surface area contributed by atoms with Gasteiger partial charge in [0.25, 0.3) is 0 Å². The molecule has 2 aromatic heterocycles. The van der Waals surface area contributed by atoms with Gasteiger partial charge in [-0.25, -0.2) is 0 Å². The van der Waals surface area contributed by atoms with Crippen molar-refractivity contribution >= 4 is 23.1 Å². The highest BCUT2D eigenvalue weighted by atomic mass is 32.1. The third kappa shape index (κ3) is 2.36. The minimum atomic E-state index is 0.690. The van der Waals surface area contributed by atoms with E-state index < -0.39 is 0 Å². The van der Waals surface area contributed by atoms with Crippen LogP contribution in [0.4, 0.5) is 0 Å². The highest BCUT2D eigenvalue weighted by Crippen LogP contribution is 2.17. The molecule has 102 valence electrons. The minimum absolute atomic E-state index is 0.690. The first kappa shape index (κ1) is 13.0. The molecule has 5 heteroatoms. The predicted octanol–water partition coefficient (Wildman–Crippen LogP) is 3.29. The summed E-state index contributed by atoms with van der Waals surface area (Å²) in [5, 5.41) is 8.28. The van der Waals surface area contributed by atoms with Crippen molar-refractivity contribution in [2.24, 2.45) is 0 Å². The lowest BCUT2D eigenvalue weighted by molar-refractivity contribution is 0.650. The summed E-state index contributed by atoms with van der Waals surface area (Å²) in [5.74, 6) is 1.00. The van der Waals surface area contributed by atoms with Gasteiger partial charge in [0.1, 0.15) is 5.82 Å². The quantitative estimate of drug-likeness (QED) is 0.748. The molecular formula is C15H16N4S. The van der Waals surface area contributed by atoms with Crippen LogP contribution in [0.3, 0.4) is 0 Å². The van der Waals surface area contributed by atoms with E-state index in [-0.39, 0.29) is 0 Å². The predicted molar refractivity (Wildman–Crippen MR) is 82.2 cm³/mol. The molecule has 0 aliphatic rings. The fourth-order valence-electron chi connectivity index (χ4n) is 2.45. The second-order valence-electron chi connectivity index (χ2n) is 4.69. The number of fused-ring (bicyclic) bond motifs is 1. The van der Waals surface area contributed by atoms with Gasteiger partial charge >= 0.3 is 0 Å². The van der Waals surface area contributed by atoms with Crippen molar-refractivity contribution in [2.75, 3.05) is 0 Å². The third-order valence-electron chi connectivity index (χ3n) is 3.47. The van der Waals surface area contributed by atoms with Gasteiger partial charge in [0, 0.05) is 24.5 Å². The van der Waals surface area contributed by atoms with E-state index in [9.17, 15) is 0 Å². The molecule has 0 aliphatic carbocycles. The number of nitrogens with zero attached hydrogens (tertiary/aromatic N) is 3. The monoisotopic (exact) mass is 284 g/mol. The normalized spacial score (nSPS) is 11.1. The molecule has 0 bridgehead atoms. The molecule has 0 saturated heterocycles. The summed E-state index contributed by atoms with van der Waals surface area (Å²) < 4.78 is 2.76. The lowest BCUT2D eigenvalue weighted by Gasteiger charge is -2.08. The molecule has 0 spiro atoms. The standard InChI is InChI=1S/C15H16N4S/c1-2-13-17-18-15(20)19(13)10-8-12-6-3-5-11-7-4-9-16-14(11)12/h3-7,9H,2,8,10H2,1H3,(H,18,20). The molecule has 20 heavy (non-hydrogen) atoms. The Bertz CT molecular complexity index is 782. The van der Waals surface area contributed by atoms with Crippen LogP contribution in [0, 0.1) is 4.77 Å². The molecule has 0 fully saturated rings. The average Bonchev–Trinajstić information content (AvgIpc) is 2.85. The highest BCUT2D eigenvalue weighted by molar-refractivity contribution is 7.71. The Labute approximate surface area is 122 Å². The number of benzene rings is 1. The Morgan fingerprint density at radius 3 is 2.95 bits per heavy atom. The zero-order chi connectivity index (χ0) is 13.9. The smallest absolute Gasteiger partial charge is 0.195 e. The van der Waals surface area contributed by atoms with Gasteiger partial charge < -0.3 is 4.57 Å². The topological polar surface area (TPSA) is 46.5 Å². The van der Waals surface area contributed by atoms with Crippen LogP contribution in [-0.2, 0) is 19.4 Å². The van der Waals surface area contributed by atoms with Gasteiger partial charge in [-0.1, -0.05) is 31.2 Å². The summed E-state index contributed by atoms with van der Waals surface area (Å²) in [6.45, 7) is 2.91. The average molecular weight is 284 g/mol. The number of H-pyrrole nitrogens is 1. The molecule has 2 heterocycles. The highest BCUT2D eigenvalue weighted by Gasteiger charge is 2.06. The van der Waals surface area contributed by atoms with Crippen LogP contribution in [0.25, 0.3) is 10.9 Å². The maximum atomic E-state index is 5.28. The van der Waals surface area contributed by atoms with E-state index >= 15 is 0 Å². The first-order chi connectivity index (χ1) is 9.79. The number of pyridine rings is 1. The molecule has 3 rings (SSSR count). The van der Waals surface area contributed by atoms with E-state index in [1.54, 1.807) is 0 Å². The van der Waals surface area contributed by atoms with Gasteiger partial charge in [0.05, 0.1) is 5.52 Å². The Hall–Kier alpha value is -2.01. The molecule has 1 aromatic carbocycles. The Morgan fingerprint density at radius 1 is 1.25 bits per heavy atom. The Balaban J connectivity index is 1.91. The summed E-state index contributed by atoms with van der Waals surface area (Å²) >= 11 is 5.28. The SMILES string of the molecule is CCc1n[nH]c(=S)n1CCc1cccc2cccnc12. The fraction of sp³-hybridized carbons (Fsp3) is 0.267. The zero-order valence-corrected chi connectivity index (χ0v) is 12.2. The lowest BCUT2D eigenvalue weighted by Crippen LogP contribution is -2.06. The van der Waals surface area contributed by atoms with Crippen molar-refractivity contribution < 1.29 is 0 Å². The van der Waals surface area contributed by atoms with E-state index in [0.717, 1.165) is 30.7 Å². The summed E-state index contributed by atoms with van der Waals surface area (Å²) in [5.41, 5.74) is 2.32. The van der Waals surface area contributed by atoms with Crippen molar-refractivity contribution in [3.8, 4) is 0 Å². The van der Waals surface area contributed by atoms with Crippen LogP contribution in [-0.4, -0.2) is 19.7 Å². The van der Waals surface area contributed by atoms with E-state index in [4.69, 9.17) is 12.2 Å². The molecule has 0 amide bonds. The van der Waals surface area contributed by atoms with Crippen molar-refractivity contribution in [2.45, 2.75) is 26.3 Å². The van der Waals surface area contributed by atoms with Crippen molar-refractivity contribution in [3.05, 3.63) is 52.7 Å². The van der Waals surface area contributed by atoms with Gasteiger partial charge in [-0.15, -0.1) is 0 Å². The van der Waals surface area contributed by atoms with Gasteiger partial charge in [-0.05, 0) is 30.3 Å². The molecule has 0 unspecified atom stereocenters. The maximum absolute atomic E-state index is 5.28. The van der Waals surface area contributed by atoms with Crippen molar-refractivity contribution in [1.82, 2.24) is 19.7 Å². The number of rotatable bonds is 4. The van der Waals surface area contributed by atoms with Gasteiger partial charge in [0.2, 0.25) is 0 Å². The summed E-state index contributed by atoms with van der Waals surface area (Å²) in [6, 6.07) is 10.4. The molecule has 0 radical (unpaired) electrons. The number of nitrogens with one attached hydrogen (secondary N) is 1. The summed E-state index contributed by atoms with van der Waals surface area (Å²) in [7, 11) is 0. The number of aromatic amines is 1. The van der Waals surface area contributed by atoms with Crippen LogP contribution in [0.2, 0.25) is 0 Å². The minimum Gasteiger partial charge on any atom is -0.304 e.